The van der Waals surface area contributed by atoms with Gasteiger partial charge in [-0.25, -0.2) is 4.79 Å². The largest absolute Gasteiger partial charge is 0.458 e. The molecule has 0 radical (unpaired) electrons. The van der Waals surface area contributed by atoms with Crippen molar-refractivity contribution in [3.05, 3.63) is 53.6 Å². The summed E-state index contributed by atoms with van der Waals surface area (Å²) >= 11 is 0. The lowest BCUT2D eigenvalue weighted by Gasteiger charge is -2.67. The molecule has 9 rings (SSSR count). The van der Waals surface area contributed by atoms with Gasteiger partial charge in [-0.1, -0.05) is 48.9 Å². The van der Waals surface area contributed by atoms with Crippen molar-refractivity contribution in [3.63, 3.8) is 0 Å². The fraction of sp³-hybridized carbons (Fsp3) is 0.789. The van der Waals surface area contributed by atoms with Crippen molar-refractivity contribution in [1.29, 1.82) is 0 Å². The van der Waals surface area contributed by atoms with Crippen LogP contribution in [0.3, 0.4) is 0 Å². The van der Waals surface area contributed by atoms with Crippen LogP contribution >= 0.6 is 0 Å². The van der Waals surface area contributed by atoms with Crippen LogP contribution < -0.4 is 0 Å². The van der Waals surface area contributed by atoms with E-state index in [0.29, 0.717) is 38.5 Å². The first kappa shape index (κ1) is 57.9. The van der Waals surface area contributed by atoms with Crippen LogP contribution in [0.1, 0.15) is 125 Å². The van der Waals surface area contributed by atoms with Gasteiger partial charge < -0.3 is 82.4 Å². The molecule has 0 aromatic heterocycles. The number of methoxy groups -OCH3 is 3. The van der Waals surface area contributed by atoms with Gasteiger partial charge in [-0.15, -0.1) is 0 Å². The first-order valence-corrected chi connectivity index (χ1v) is 27.5. The van der Waals surface area contributed by atoms with Crippen LogP contribution in [0.2, 0.25) is 0 Å². The maximum absolute atomic E-state index is 13.6. The lowest BCUT2D eigenvalue weighted by molar-refractivity contribution is -0.346. The van der Waals surface area contributed by atoms with Gasteiger partial charge in [0.15, 0.2) is 30.9 Å². The molecule has 76 heavy (non-hydrogen) atoms. The minimum Gasteiger partial charge on any atom is -0.458 e. The van der Waals surface area contributed by atoms with E-state index in [1.165, 1.54) is 13.0 Å². The average Bonchev–Trinajstić information content (AvgIpc) is 3.75. The van der Waals surface area contributed by atoms with Crippen molar-refractivity contribution < 1.29 is 92.0 Å². The Balaban J connectivity index is 0.798. The monoisotopic (exact) mass is 1070 g/mol. The number of ether oxygens (including phenoxy) is 12. The van der Waals surface area contributed by atoms with Crippen LogP contribution in [0, 0.1) is 16.7 Å². The van der Waals surface area contributed by atoms with Crippen LogP contribution in [0.4, 0.5) is 0 Å². The maximum Gasteiger partial charge on any atom is 0.331 e. The second-order valence-electron chi connectivity index (χ2n) is 23.4. The average molecular weight is 1070 g/mol. The number of hydrogen-bond acceptors (Lipinski definition) is 19. The quantitative estimate of drug-likeness (QED) is 0.0917. The van der Waals surface area contributed by atoms with Crippen molar-refractivity contribution in [2.24, 2.45) is 16.7 Å². The van der Waals surface area contributed by atoms with Gasteiger partial charge in [-0.05, 0) is 104 Å². The molecule has 4 saturated heterocycles. The van der Waals surface area contributed by atoms with Crippen LogP contribution in [0.25, 0.3) is 6.08 Å². The Morgan fingerprint density at radius 3 is 1.78 bits per heavy atom. The lowest BCUT2D eigenvalue weighted by atomic mass is 9.42. The van der Waals surface area contributed by atoms with E-state index >= 15 is 0 Å². The second-order valence-corrected chi connectivity index (χ2v) is 23.4. The van der Waals surface area contributed by atoms with E-state index < -0.39 is 144 Å². The summed E-state index contributed by atoms with van der Waals surface area (Å²) < 4.78 is 74.7. The number of rotatable bonds is 15. The summed E-state index contributed by atoms with van der Waals surface area (Å²) in [5, 5.41) is 60.1. The molecule has 7 fully saturated rings. The second kappa shape index (κ2) is 22.6. The molecule has 24 unspecified atom stereocenters. The highest BCUT2D eigenvalue weighted by molar-refractivity contribution is 5.88. The summed E-state index contributed by atoms with van der Waals surface area (Å²) in [5.41, 5.74) is -6.35. The Hall–Kier alpha value is -2.80. The Kier molecular flexibility index (Phi) is 17.2. The standard InChI is InChI=1S/C57H84O19/c1-30-49(61)39(65-8)26-46(68-30)75-51-33(4)71-48(28-41(51)67-10)76-52-32(3)70-47(27-40(52)66-9)74-50-31(2)69-45(25-38(50)59)72-37-19-20-53(6)36(24-37)18-21-56(63)42(53)29-43(73-44(60)17-16-35-14-12-11-13-15-35)54(7)55(62,34(5)58)22-23-57(54,56)64/h11-18,30-33,37-43,45-52,59,61-64H,19-29H2,1-10H3/b17-16+. The lowest BCUT2D eigenvalue weighted by Crippen LogP contribution is -2.78. The molecule has 0 amide bonds. The number of aliphatic hydroxyl groups excluding tert-OH is 2. The molecule has 1 aromatic rings. The first-order chi connectivity index (χ1) is 36.0. The summed E-state index contributed by atoms with van der Waals surface area (Å²) in [4.78, 5) is 26.9. The summed E-state index contributed by atoms with van der Waals surface area (Å²) in [6, 6.07) is 9.27. The van der Waals surface area contributed by atoms with Gasteiger partial charge in [0.05, 0.1) is 60.4 Å². The molecule has 19 nitrogen and oxygen atoms in total. The van der Waals surface area contributed by atoms with E-state index in [1.807, 2.05) is 57.2 Å². The SMILES string of the molecule is COC1CC(OC2C(C)OC(OC3C(C)OC(OC4C(O)CC(OC5CCC6(C)C(=CCC7(O)C6CC(OC(=O)/C=C/c6ccccc6)C6(C)C(O)(C(C)=O)CCC76O)C5)OC4C)CC3OC)CC2OC)OC(C)C1O. The molecule has 0 bridgehead atoms. The van der Waals surface area contributed by atoms with E-state index in [4.69, 9.17) is 56.8 Å². The number of hydrogen-bond donors (Lipinski definition) is 5. The maximum atomic E-state index is 13.6. The van der Waals surface area contributed by atoms with E-state index in [0.717, 1.165) is 11.1 Å². The molecular formula is C57H84O19. The number of Topliss-reactive ketones (excluding diaryl/α,β-unsaturated/α-hetero) is 1. The molecule has 19 heteroatoms. The number of fused-ring (bicyclic) bond motifs is 5. The van der Waals surface area contributed by atoms with Crippen LogP contribution in [0.5, 0.6) is 0 Å². The summed E-state index contributed by atoms with van der Waals surface area (Å²) in [6.45, 7) is 12.3. The van der Waals surface area contributed by atoms with E-state index in [1.54, 1.807) is 41.3 Å². The van der Waals surface area contributed by atoms with Crippen LogP contribution in [0.15, 0.2) is 48.1 Å². The summed E-state index contributed by atoms with van der Waals surface area (Å²) in [6.07, 6.45) is -3.15. The van der Waals surface area contributed by atoms with Crippen molar-refractivity contribution in [1.82, 2.24) is 0 Å². The third-order valence-corrected chi connectivity index (χ3v) is 19.3. The van der Waals surface area contributed by atoms with E-state index in [-0.39, 0.29) is 44.3 Å². The minimum atomic E-state index is -2.06. The van der Waals surface area contributed by atoms with Gasteiger partial charge in [0, 0.05) is 59.0 Å². The van der Waals surface area contributed by atoms with E-state index in [9.17, 15) is 35.1 Å². The summed E-state index contributed by atoms with van der Waals surface area (Å²) in [5.74, 6) is -1.84. The topological polar surface area (TPSA) is 246 Å². The smallest absolute Gasteiger partial charge is 0.331 e. The van der Waals surface area contributed by atoms with Crippen molar-refractivity contribution >= 4 is 17.8 Å². The van der Waals surface area contributed by atoms with Crippen molar-refractivity contribution in [2.45, 2.75) is 247 Å². The van der Waals surface area contributed by atoms with Crippen molar-refractivity contribution in [2.75, 3.05) is 21.3 Å². The molecular weight excluding hydrogens is 989 g/mol. The van der Waals surface area contributed by atoms with Gasteiger partial charge >= 0.3 is 5.97 Å². The number of aliphatic hydroxyl groups is 5. The highest BCUT2D eigenvalue weighted by atomic mass is 16.8. The van der Waals surface area contributed by atoms with Crippen LogP contribution in [-0.2, 0) is 66.4 Å². The number of carbonyl (C=O) groups is 2. The van der Waals surface area contributed by atoms with Gasteiger partial charge in [-0.3, -0.25) is 4.79 Å². The number of ketones is 1. The molecule has 8 aliphatic rings. The Morgan fingerprint density at radius 1 is 0.671 bits per heavy atom. The third kappa shape index (κ3) is 10.3. The highest BCUT2D eigenvalue weighted by Gasteiger charge is 2.81. The minimum absolute atomic E-state index is 0.0615. The predicted molar refractivity (Wildman–Crippen MR) is 271 cm³/mol. The summed E-state index contributed by atoms with van der Waals surface area (Å²) in [7, 11) is 4.78. The van der Waals surface area contributed by atoms with Gasteiger partial charge in [0.1, 0.15) is 47.3 Å². The molecule has 4 heterocycles. The molecule has 0 spiro atoms. The Bertz CT molecular complexity index is 2240. The molecule has 3 saturated carbocycles. The normalized spacial score (nSPS) is 48.6. The number of benzene rings is 1. The van der Waals surface area contributed by atoms with Gasteiger partial charge in [0.25, 0.3) is 0 Å². The molecule has 5 N–H and O–H groups in total. The fourth-order valence-electron chi connectivity index (χ4n) is 14.8. The highest BCUT2D eigenvalue weighted by Crippen LogP contribution is 2.71. The zero-order valence-electron chi connectivity index (χ0n) is 45.8. The van der Waals surface area contributed by atoms with Crippen molar-refractivity contribution in [3.8, 4) is 0 Å². The number of esters is 1. The molecule has 24 atom stereocenters. The van der Waals surface area contributed by atoms with Gasteiger partial charge in [0.2, 0.25) is 0 Å². The predicted octanol–water partition coefficient (Wildman–Crippen LogP) is 4.58. The zero-order valence-corrected chi connectivity index (χ0v) is 45.8. The zero-order chi connectivity index (χ0) is 54.7. The van der Waals surface area contributed by atoms with Crippen LogP contribution in [-0.4, -0.2) is 186 Å². The number of carbonyl (C=O) groups excluding carboxylic acids is 2. The first-order valence-electron chi connectivity index (χ1n) is 27.5. The molecule has 4 aliphatic carbocycles. The molecule has 426 valence electrons. The molecule has 1 aromatic carbocycles. The van der Waals surface area contributed by atoms with Gasteiger partial charge in [-0.2, -0.15) is 0 Å². The van der Waals surface area contributed by atoms with E-state index in [2.05, 4.69) is 6.92 Å². The fourth-order valence-corrected chi connectivity index (χ4v) is 14.8. The Labute approximate surface area is 446 Å². The Morgan fingerprint density at radius 2 is 1.21 bits per heavy atom. The molecule has 4 aliphatic heterocycles. The third-order valence-electron chi connectivity index (χ3n) is 19.3.